The number of aromatic nitrogens is 3. The SMILES string of the molecule is C[C@H](COC[C@@H]1CCCN1c1cn[nH]c(=O)c1C(F)(F)F)CC(=O)N1CCN(c2ccc(C#N)cn2)CC1. The van der Waals surface area contributed by atoms with Crippen LogP contribution in [-0.4, -0.2) is 78.0 Å². The van der Waals surface area contributed by atoms with Crippen LogP contribution in [0.2, 0.25) is 0 Å². The number of carbonyl (C=O) groups excluding carboxylic acids is 1. The molecule has 4 rings (SSSR count). The van der Waals surface area contributed by atoms with Crippen molar-refractivity contribution in [1.29, 1.82) is 5.26 Å². The molecule has 0 bridgehead atoms. The summed E-state index contributed by atoms with van der Waals surface area (Å²) in [5.74, 6) is 0.736. The number of rotatable bonds is 8. The Bertz CT molecular complexity index is 1200. The van der Waals surface area contributed by atoms with E-state index in [2.05, 4.69) is 15.0 Å². The van der Waals surface area contributed by atoms with Gasteiger partial charge in [0.2, 0.25) is 5.91 Å². The lowest BCUT2D eigenvalue weighted by Gasteiger charge is -2.36. The molecule has 2 fully saturated rings. The molecule has 2 aromatic heterocycles. The largest absolute Gasteiger partial charge is 0.423 e. The van der Waals surface area contributed by atoms with Crippen LogP contribution >= 0.6 is 0 Å². The summed E-state index contributed by atoms with van der Waals surface area (Å²) in [6.07, 6.45) is -0.601. The summed E-state index contributed by atoms with van der Waals surface area (Å²) in [5, 5.41) is 14.3. The zero-order valence-corrected chi connectivity index (χ0v) is 21.1. The van der Waals surface area contributed by atoms with Crippen LogP contribution in [0.3, 0.4) is 0 Å². The average Bonchev–Trinajstić information content (AvgIpc) is 3.36. The number of amides is 1. The molecule has 2 aromatic rings. The van der Waals surface area contributed by atoms with Gasteiger partial charge in [-0.2, -0.15) is 23.5 Å². The lowest BCUT2D eigenvalue weighted by atomic mass is 10.1. The number of halogens is 3. The van der Waals surface area contributed by atoms with Crippen LogP contribution in [0.1, 0.15) is 37.3 Å². The number of carbonyl (C=O) groups is 1. The third kappa shape index (κ3) is 6.42. The summed E-state index contributed by atoms with van der Waals surface area (Å²) in [7, 11) is 0. The molecule has 2 atom stereocenters. The molecule has 13 heteroatoms. The van der Waals surface area contributed by atoms with E-state index in [-0.39, 0.29) is 30.2 Å². The van der Waals surface area contributed by atoms with Crippen LogP contribution in [0.25, 0.3) is 0 Å². The van der Waals surface area contributed by atoms with Crippen molar-refractivity contribution in [3.8, 4) is 6.07 Å². The molecule has 0 aromatic carbocycles. The van der Waals surface area contributed by atoms with Crippen molar-refractivity contribution in [2.45, 2.75) is 38.4 Å². The molecule has 1 amide bonds. The first-order valence-corrected chi connectivity index (χ1v) is 12.6. The highest BCUT2D eigenvalue weighted by atomic mass is 19.4. The molecule has 0 unspecified atom stereocenters. The van der Waals surface area contributed by atoms with E-state index in [1.54, 1.807) is 17.0 Å². The summed E-state index contributed by atoms with van der Waals surface area (Å²) in [6.45, 7) is 5.19. The van der Waals surface area contributed by atoms with Crippen molar-refractivity contribution >= 4 is 17.4 Å². The highest BCUT2D eigenvalue weighted by Gasteiger charge is 2.40. The van der Waals surface area contributed by atoms with Crippen molar-refractivity contribution in [1.82, 2.24) is 20.1 Å². The van der Waals surface area contributed by atoms with Gasteiger partial charge < -0.3 is 19.4 Å². The number of pyridine rings is 1. The summed E-state index contributed by atoms with van der Waals surface area (Å²) in [6, 6.07) is 5.25. The Hall–Kier alpha value is -3.66. The summed E-state index contributed by atoms with van der Waals surface area (Å²) in [5.41, 5.74) is -2.24. The van der Waals surface area contributed by atoms with E-state index < -0.39 is 17.3 Å². The summed E-state index contributed by atoms with van der Waals surface area (Å²) in [4.78, 5) is 34.4. The third-order valence-corrected chi connectivity index (χ3v) is 6.88. The maximum absolute atomic E-state index is 13.5. The van der Waals surface area contributed by atoms with Crippen molar-refractivity contribution in [2.75, 3.05) is 55.7 Å². The van der Waals surface area contributed by atoms with Crippen LogP contribution in [0.5, 0.6) is 0 Å². The molecule has 1 N–H and O–H groups in total. The second-order valence-electron chi connectivity index (χ2n) is 9.68. The quantitative estimate of drug-likeness (QED) is 0.550. The number of ether oxygens (including phenoxy) is 1. The molecule has 2 aliphatic rings. The van der Waals surface area contributed by atoms with Crippen LogP contribution in [0.4, 0.5) is 24.7 Å². The van der Waals surface area contributed by atoms with Gasteiger partial charge >= 0.3 is 6.18 Å². The molecule has 10 nitrogen and oxygen atoms in total. The monoisotopic (exact) mass is 533 g/mol. The van der Waals surface area contributed by atoms with Crippen molar-refractivity contribution in [3.63, 3.8) is 0 Å². The zero-order chi connectivity index (χ0) is 27.3. The average molecular weight is 534 g/mol. The lowest BCUT2D eigenvalue weighted by Crippen LogP contribution is -2.49. The third-order valence-electron chi connectivity index (χ3n) is 6.88. The number of nitrogens with one attached hydrogen (secondary N) is 1. The van der Waals surface area contributed by atoms with Crippen LogP contribution < -0.4 is 15.4 Å². The number of nitrogens with zero attached hydrogens (tertiary/aromatic N) is 6. The summed E-state index contributed by atoms with van der Waals surface area (Å²) >= 11 is 0. The van der Waals surface area contributed by atoms with Gasteiger partial charge in [0.25, 0.3) is 5.56 Å². The van der Waals surface area contributed by atoms with E-state index in [9.17, 15) is 22.8 Å². The number of anilines is 2. The Balaban J connectivity index is 1.23. The maximum Gasteiger partial charge on any atom is 0.423 e. The van der Waals surface area contributed by atoms with Crippen molar-refractivity contribution in [3.05, 3.63) is 46.0 Å². The van der Waals surface area contributed by atoms with E-state index in [0.29, 0.717) is 64.2 Å². The van der Waals surface area contributed by atoms with E-state index in [4.69, 9.17) is 10.00 Å². The Labute approximate surface area is 218 Å². The van der Waals surface area contributed by atoms with Gasteiger partial charge in [-0.05, 0) is 30.9 Å². The molecule has 2 saturated heterocycles. The molecule has 0 radical (unpaired) electrons. The van der Waals surface area contributed by atoms with Crippen LogP contribution in [0, 0.1) is 17.2 Å². The fourth-order valence-electron chi connectivity index (χ4n) is 4.92. The van der Waals surface area contributed by atoms with E-state index in [1.165, 1.54) is 6.20 Å². The van der Waals surface area contributed by atoms with Gasteiger partial charge in [-0.3, -0.25) is 9.59 Å². The molecular weight excluding hydrogens is 503 g/mol. The number of piperazine rings is 1. The second kappa shape index (κ2) is 11.8. The fraction of sp³-hybridized carbons (Fsp3) is 0.560. The van der Waals surface area contributed by atoms with Gasteiger partial charge in [0.15, 0.2) is 0 Å². The Kier molecular flexibility index (Phi) is 8.51. The second-order valence-corrected chi connectivity index (χ2v) is 9.68. The van der Waals surface area contributed by atoms with Gasteiger partial charge in [0.05, 0.1) is 30.1 Å². The smallest absolute Gasteiger partial charge is 0.379 e. The maximum atomic E-state index is 13.5. The first kappa shape index (κ1) is 27.4. The lowest BCUT2D eigenvalue weighted by molar-refractivity contribution is -0.138. The van der Waals surface area contributed by atoms with Gasteiger partial charge in [0.1, 0.15) is 17.5 Å². The van der Waals surface area contributed by atoms with E-state index in [1.807, 2.05) is 23.0 Å². The van der Waals surface area contributed by atoms with Crippen LogP contribution in [0.15, 0.2) is 29.3 Å². The van der Waals surface area contributed by atoms with Crippen molar-refractivity contribution < 1.29 is 22.7 Å². The van der Waals surface area contributed by atoms with Crippen LogP contribution in [-0.2, 0) is 15.7 Å². The predicted molar refractivity (Wildman–Crippen MR) is 133 cm³/mol. The predicted octanol–water partition coefficient (Wildman–Crippen LogP) is 2.42. The number of nitriles is 1. The van der Waals surface area contributed by atoms with Gasteiger partial charge in [0, 0.05) is 51.9 Å². The number of H-pyrrole nitrogens is 1. The number of hydrogen-bond donors (Lipinski definition) is 1. The highest BCUT2D eigenvalue weighted by Crippen LogP contribution is 2.36. The number of aromatic amines is 1. The van der Waals surface area contributed by atoms with E-state index >= 15 is 0 Å². The molecule has 2 aliphatic heterocycles. The van der Waals surface area contributed by atoms with Gasteiger partial charge in [-0.1, -0.05) is 6.92 Å². The minimum atomic E-state index is -4.79. The number of alkyl halides is 3. The zero-order valence-electron chi connectivity index (χ0n) is 21.1. The first-order chi connectivity index (χ1) is 18.2. The standard InChI is InChI=1S/C25H30F3N7O3/c1-17(11-22(36)34-9-7-33(8-10-34)21-5-4-18(12-29)13-30-21)15-38-16-19-3-2-6-35(19)20-14-31-32-24(37)23(20)25(26,27)28/h4-5,13-14,17,19H,2-3,6-11,15-16H2,1H3,(H,32,37)/t17-,19-/m0/s1. The van der Waals surface area contributed by atoms with Gasteiger partial charge in [-0.15, -0.1) is 0 Å². The molecule has 4 heterocycles. The molecule has 38 heavy (non-hydrogen) atoms. The number of hydrogen-bond acceptors (Lipinski definition) is 8. The highest BCUT2D eigenvalue weighted by molar-refractivity contribution is 5.76. The minimum absolute atomic E-state index is 0.0282. The first-order valence-electron chi connectivity index (χ1n) is 12.6. The summed E-state index contributed by atoms with van der Waals surface area (Å²) < 4.78 is 46.3. The topological polar surface area (TPSA) is 118 Å². The molecule has 0 saturated carbocycles. The Morgan fingerprint density at radius 2 is 2.00 bits per heavy atom. The van der Waals surface area contributed by atoms with Gasteiger partial charge in [-0.25, -0.2) is 10.1 Å². The van der Waals surface area contributed by atoms with E-state index in [0.717, 1.165) is 12.0 Å². The minimum Gasteiger partial charge on any atom is -0.379 e. The Morgan fingerprint density at radius 3 is 2.66 bits per heavy atom. The fourth-order valence-corrected chi connectivity index (χ4v) is 4.92. The molecule has 0 spiro atoms. The molecular formula is C25H30F3N7O3. The Morgan fingerprint density at radius 1 is 1.24 bits per heavy atom. The molecule has 204 valence electrons. The normalized spacial score (nSPS) is 18.9. The molecule has 0 aliphatic carbocycles. The van der Waals surface area contributed by atoms with Crippen molar-refractivity contribution in [2.24, 2.45) is 5.92 Å².